The highest BCUT2D eigenvalue weighted by molar-refractivity contribution is 6.02. The topological polar surface area (TPSA) is 382 Å². The first-order valence-electron chi connectivity index (χ1n) is 36.9. The highest BCUT2D eigenvalue weighted by atomic mass is 16.5. The molecular formula is C74H97N21O12. The number of rotatable bonds is 23. The van der Waals surface area contributed by atoms with Gasteiger partial charge in [-0.25, -0.2) is 15.0 Å². The second-order valence-corrected chi connectivity index (χ2v) is 28.1. The number of aliphatic hydroxyl groups excluding tert-OH is 1. The summed E-state index contributed by atoms with van der Waals surface area (Å²) in [7, 11) is 13.7. The number of methoxy groups -OCH3 is 5. The maximum absolute atomic E-state index is 13.4. The Kier molecular flexibility index (Phi) is 23.6. The van der Waals surface area contributed by atoms with E-state index in [1.165, 1.54) is 23.1 Å². The van der Waals surface area contributed by atoms with Crippen LogP contribution in [-0.2, 0) is 23.7 Å². The lowest BCUT2D eigenvalue weighted by molar-refractivity contribution is 0.00731. The molecule has 9 aromatic rings. The van der Waals surface area contributed by atoms with Crippen molar-refractivity contribution in [1.29, 1.82) is 0 Å². The normalized spacial score (nSPS) is 23.9. The molecule has 107 heavy (non-hydrogen) atoms. The first-order valence-corrected chi connectivity index (χ1v) is 36.9. The number of anilines is 9. The molecule has 0 radical (unpaired) electrons. The molecule has 6 aliphatic carbocycles. The molecule has 0 bridgehead atoms. The fraction of sp³-hybridized carbons (Fsp3) is 0.514. The zero-order chi connectivity index (χ0) is 75.0. The average molecular weight is 1470 g/mol. The van der Waals surface area contributed by atoms with Crippen molar-refractivity contribution in [3.05, 3.63) is 140 Å². The molecule has 570 valence electrons. The first-order chi connectivity index (χ1) is 52.0. The van der Waals surface area contributed by atoms with Crippen molar-refractivity contribution in [2.24, 2.45) is 0 Å². The van der Waals surface area contributed by atoms with Gasteiger partial charge in [-0.3, -0.25) is 28.8 Å². The third kappa shape index (κ3) is 16.2. The third-order valence-corrected chi connectivity index (χ3v) is 21.8. The summed E-state index contributed by atoms with van der Waals surface area (Å²) < 4.78 is 37.4. The second-order valence-electron chi connectivity index (χ2n) is 28.1. The van der Waals surface area contributed by atoms with Crippen LogP contribution in [0.25, 0.3) is 16.9 Å². The number of carbonyl (C=O) groups excluding carboxylic acids is 3. The summed E-state index contributed by atoms with van der Waals surface area (Å²) >= 11 is 0. The Morgan fingerprint density at radius 1 is 0.421 bits per heavy atom. The summed E-state index contributed by atoms with van der Waals surface area (Å²) in [5, 5.41) is 50.4. The van der Waals surface area contributed by atoms with Crippen LogP contribution >= 0.6 is 0 Å². The van der Waals surface area contributed by atoms with Crippen molar-refractivity contribution < 1.29 is 43.2 Å². The number of aromatic nitrogens is 12. The molecule has 0 aromatic carbocycles. The second kappa shape index (κ2) is 33.6. The molecule has 6 fully saturated rings. The number of amides is 3. The molecule has 15 rings (SSSR count). The van der Waals surface area contributed by atoms with Crippen LogP contribution in [0.2, 0.25) is 0 Å². The Morgan fingerprint density at radius 3 is 1.00 bits per heavy atom. The van der Waals surface area contributed by atoms with E-state index in [1.807, 2.05) is 36.8 Å². The van der Waals surface area contributed by atoms with Gasteiger partial charge >= 0.3 is 0 Å². The molecule has 9 aromatic heterocycles. The van der Waals surface area contributed by atoms with Gasteiger partial charge in [0.2, 0.25) is 0 Å². The summed E-state index contributed by atoms with van der Waals surface area (Å²) in [5.41, 5.74) is 3.00. The van der Waals surface area contributed by atoms with E-state index in [0.29, 0.717) is 92.0 Å². The van der Waals surface area contributed by atoms with Crippen LogP contribution in [0.1, 0.15) is 165 Å². The number of aliphatic hydroxyl groups is 1. The van der Waals surface area contributed by atoms with E-state index in [-0.39, 0.29) is 101 Å². The van der Waals surface area contributed by atoms with Gasteiger partial charge in [0.05, 0.1) is 73.3 Å². The summed E-state index contributed by atoms with van der Waals surface area (Å²) in [6.07, 6.45) is 26.3. The van der Waals surface area contributed by atoms with Crippen molar-refractivity contribution in [3.63, 3.8) is 0 Å². The van der Waals surface area contributed by atoms with Crippen molar-refractivity contribution >= 4 is 86.6 Å². The van der Waals surface area contributed by atoms with Crippen LogP contribution in [0.4, 0.5) is 52.0 Å². The molecule has 0 unspecified atom stereocenters. The Balaban J connectivity index is 0.000000142. The number of pyridine rings is 3. The zero-order valence-electron chi connectivity index (χ0n) is 61.6. The van der Waals surface area contributed by atoms with Gasteiger partial charge in [0, 0.05) is 112 Å². The number of hydrogen-bond acceptors (Lipinski definition) is 24. The lowest BCUT2D eigenvalue weighted by Crippen LogP contribution is -2.51. The minimum absolute atomic E-state index is 0.0252. The Hall–Kier alpha value is -10.3. The molecule has 6 aliphatic rings. The van der Waals surface area contributed by atoms with E-state index in [9.17, 15) is 33.9 Å². The number of nitrogens with one attached hydrogen (secondary N) is 9. The summed E-state index contributed by atoms with van der Waals surface area (Å²) in [6.45, 7) is 0. The highest BCUT2D eigenvalue weighted by Gasteiger charge is 2.36. The minimum atomic E-state index is -0.526. The van der Waals surface area contributed by atoms with E-state index < -0.39 is 6.10 Å². The van der Waals surface area contributed by atoms with Crippen LogP contribution in [0, 0.1) is 0 Å². The van der Waals surface area contributed by atoms with Gasteiger partial charge in [-0.1, -0.05) is 0 Å². The Labute approximate surface area is 617 Å². The van der Waals surface area contributed by atoms with Gasteiger partial charge < -0.3 is 90.3 Å². The molecule has 33 heteroatoms. The molecule has 0 aliphatic heterocycles. The Bertz CT molecular complexity index is 4640. The summed E-state index contributed by atoms with van der Waals surface area (Å²) in [5.74, 6) is 2.30. The van der Waals surface area contributed by atoms with E-state index >= 15 is 0 Å². The highest BCUT2D eigenvalue weighted by Crippen LogP contribution is 2.34. The monoisotopic (exact) mass is 1470 g/mol. The molecule has 9 heterocycles. The number of nitrogens with zero attached hydrogens (tertiary/aromatic N) is 12. The quantitative estimate of drug-likeness (QED) is 0.0296. The molecular weight excluding hydrogens is 1370 g/mol. The molecule has 3 amide bonds. The van der Waals surface area contributed by atoms with Gasteiger partial charge in [0.15, 0.2) is 16.9 Å². The fourth-order valence-electron chi connectivity index (χ4n) is 15.2. The fourth-order valence-corrected chi connectivity index (χ4v) is 15.2. The number of carbonyl (C=O) groups is 3. The predicted octanol–water partition coefficient (Wildman–Crippen LogP) is 7.49. The van der Waals surface area contributed by atoms with E-state index in [1.54, 1.807) is 116 Å². The van der Waals surface area contributed by atoms with E-state index in [0.717, 1.165) is 109 Å². The van der Waals surface area contributed by atoms with Crippen LogP contribution in [-0.4, -0.2) is 192 Å². The van der Waals surface area contributed by atoms with Crippen molar-refractivity contribution in [2.45, 2.75) is 188 Å². The smallest absolute Gasteiger partial charge is 0.274 e. The number of ether oxygens (including phenoxy) is 5. The standard InChI is InChI=1S/2C25H33N7O4.C24H31N7O4/c2*1-26-22-13-21(28-19-8-5-11-31(25(19)34)15-6-4-7-16(12-15)35-2)30-23-17(14-27-32(22)23)24(33)29-18-9-10-20(18)36-3;1-25-21-12-20(29-22-16(13-26-31(21)22)23(33)28-17-8-9-19(17)32)27-18-7-4-10-30(24(18)34)14-5-3-6-15(11-14)35-2/h2*5,8,11,13-16,18,20,26H,4,6-7,9-10,12H2,1-3H3,(H,28,30)(H,29,33);4,7,10,12-15,17,19,25,32H,3,5-6,8-9,11H2,1-2H3,(H,27,29)(H,28,33)/t2*15-,16+,18-,20-;14-,15+,17+,19+/m100/s1. The maximum Gasteiger partial charge on any atom is 0.274 e. The third-order valence-electron chi connectivity index (χ3n) is 21.8. The minimum Gasteiger partial charge on any atom is -0.391 e. The SMILES string of the molecule is CNc1cc(Nc2cccn([C@@H]3CCC[C@H](OC)C3)c2=O)nc2c(C(=O)N[C@@H]3CC[C@H]3OC)cnn12.CNc1cc(Nc2cccn([C@H]3CCC[C@@H](OC)C3)c2=O)nc2c(C(=O)N[C@@H]3CC[C@H]3O)cnn12.CNc1cc(Nc2cccn([C@H]3CCC[C@@H](OC)C3)c2=O)nc2c(C(=O)N[C@H]3CC[C@@H]3OC)cnn12. The maximum atomic E-state index is 13.4. The van der Waals surface area contributed by atoms with Gasteiger partial charge in [-0.15, -0.1) is 0 Å². The van der Waals surface area contributed by atoms with Crippen molar-refractivity contribution in [3.8, 4) is 0 Å². The largest absolute Gasteiger partial charge is 0.391 e. The van der Waals surface area contributed by atoms with E-state index in [2.05, 4.69) is 78.1 Å². The number of hydrogen-bond donors (Lipinski definition) is 10. The zero-order valence-corrected chi connectivity index (χ0v) is 61.6. The molecule has 10 N–H and O–H groups in total. The average Bonchev–Trinajstić information content (AvgIpc) is 1.67. The van der Waals surface area contributed by atoms with Gasteiger partial charge in [0.25, 0.3) is 34.4 Å². The number of fused-ring (bicyclic) bond motifs is 3. The van der Waals surface area contributed by atoms with Gasteiger partial charge in [0.1, 0.15) is 68.7 Å². The molecule has 12 atom stereocenters. The molecule has 6 saturated carbocycles. The van der Waals surface area contributed by atoms with Crippen molar-refractivity contribution in [1.82, 2.24) is 73.4 Å². The van der Waals surface area contributed by atoms with Crippen LogP contribution in [0.3, 0.4) is 0 Å². The Morgan fingerprint density at radius 2 is 0.738 bits per heavy atom. The van der Waals surface area contributed by atoms with Crippen LogP contribution in [0.15, 0.2) is 106 Å². The molecule has 0 spiro atoms. The first kappa shape index (κ1) is 74.9. The molecule has 33 nitrogen and oxygen atoms in total. The lowest BCUT2D eigenvalue weighted by Gasteiger charge is -2.35. The van der Waals surface area contributed by atoms with Crippen LogP contribution in [0.5, 0.6) is 0 Å². The van der Waals surface area contributed by atoms with E-state index in [4.69, 9.17) is 23.7 Å². The molecule has 0 saturated heterocycles. The summed E-state index contributed by atoms with van der Waals surface area (Å²) in [6, 6.07) is 16.0. The van der Waals surface area contributed by atoms with Gasteiger partial charge in [-0.2, -0.15) is 28.8 Å². The predicted molar refractivity (Wildman–Crippen MR) is 404 cm³/mol. The summed E-state index contributed by atoms with van der Waals surface area (Å²) in [4.78, 5) is 92.8. The lowest BCUT2D eigenvalue weighted by atomic mass is 9.89. The van der Waals surface area contributed by atoms with Gasteiger partial charge in [-0.05, 0) is 152 Å². The van der Waals surface area contributed by atoms with Crippen molar-refractivity contribution in [2.75, 3.05) is 88.6 Å². The van der Waals surface area contributed by atoms with Crippen LogP contribution < -0.4 is 64.5 Å².